The Labute approximate surface area is 132 Å². The van der Waals surface area contributed by atoms with Gasteiger partial charge >= 0.3 is 0 Å². The third kappa shape index (κ3) is 10.0. The maximum Gasteiger partial charge on any atom is 0.0337 e. The summed E-state index contributed by atoms with van der Waals surface area (Å²) in [7, 11) is 0. The van der Waals surface area contributed by atoms with E-state index in [4.69, 9.17) is 11.6 Å². The van der Waals surface area contributed by atoms with E-state index in [1.165, 1.54) is 96.4 Å². The molecular formula is C18H36ClN. The van der Waals surface area contributed by atoms with Crippen molar-refractivity contribution in [2.45, 2.75) is 108 Å². The van der Waals surface area contributed by atoms with Crippen LogP contribution in [-0.4, -0.2) is 18.0 Å². The van der Waals surface area contributed by atoms with E-state index in [1.54, 1.807) is 0 Å². The zero-order valence-corrected chi connectivity index (χ0v) is 14.4. The second kappa shape index (κ2) is 13.0. The van der Waals surface area contributed by atoms with Crippen molar-refractivity contribution in [1.29, 1.82) is 0 Å². The number of unbranched alkanes of at least 4 members (excludes halogenated alkanes) is 9. The minimum absolute atomic E-state index is 0.449. The highest BCUT2D eigenvalue weighted by Crippen LogP contribution is 2.22. The molecule has 120 valence electrons. The normalized spacial score (nSPS) is 23.1. The minimum Gasteiger partial charge on any atom is -0.314 e. The van der Waals surface area contributed by atoms with Gasteiger partial charge in [-0.2, -0.15) is 0 Å². The van der Waals surface area contributed by atoms with Crippen LogP contribution in [0.5, 0.6) is 0 Å². The van der Waals surface area contributed by atoms with E-state index < -0.39 is 0 Å². The Balaban J connectivity index is 1.74. The predicted molar refractivity (Wildman–Crippen MR) is 91.7 cm³/mol. The summed E-state index contributed by atoms with van der Waals surface area (Å²) in [6.45, 7) is 3.50. The van der Waals surface area contributed by atoms with Gasteiger partial charge in [0.15, 0.2) is 0 Å². The molecule has 0 bridgehead atoms. The lowest BCUT2D eigenvalue weighted by Crippen LogP contribution is -2.34. The van der Waals surface area contributed by atoms with Crippen molar-refractivity contribution in [3.63, 3.8) is 0 Å². The maximum absolute atomic E-state index is 6.13. The molecule has 1 aliphatic carbocycles. The van der Waals surface area contributed by atoms with Gasteiger partial charge in [-0.15, -0.1) is 11.6 Å². The molecule has 1 saturated carbocycles. The zero-order valence-electron chi connectivity index (χ0n) is 13.6. The monoisotopic (exact) mass is 301 g/mol. The van der Waals surface area contributed by atoms with Gasteiger partial charge in [-0.25, -0.2) is 0 Å². The molecular weight excluding hydrogens is 266 g/mol. The van der Waals surface area contributed by atoms with Crippen LogP contribution in [0.4, 0.5) is 0 Å². The number of hydrogen-bond donors (Lipinski definition) is 1. The van der Waals surface area contributed by atoms with Crippen LogP contribution in [-0.2, 0) is 0 Å². The third-order valence-electron chi connectivity index (χ3n) is 4.62. The van der Waals surface area contributed by atoms with Gasteiger partial charge in [0.25, 0.3) is 0 Å². The molecule has 1 N–H and O–H groups in total. The van der Waals surface area contributed by atoms with Gasteiger partial charge in [0.05, 0.1) is 0 Å². The van der Waals surface area contributed by atoms with Gasteiger partial charge in [0.2, 0.25) is 0 Å². The summed E-state index contributed by atoms with van der Waals surface area (Å²) in [6.07, 6.45) is 19.2. The number of rotatable bonds is 12. The van der Waals surface area contributed by atoms with Crippen LogP contribution in [0.25, 0.3) is 0 Å². The van der Waals surface area contributed by atoms with E-state index in [0.29, 0.717) is 5.38 Å². The number of hydrogen-bond acceptors (Lipinski definition) is 1. The van der Waals surface area contributed by atoms with E-state index in [-0.39, 0.29) is 0 Å². The molecule has 20 heavy (non-hydrogen) atoms. The fourth-order valence-corrected chi connectivity index (χ4v) is 3.43. The number of halogens is 1. The average molecular weight is 302 g/mol. The van der Waals surface area contributed by atoms with Crippen molar-refractivity contribution < 1.29 is 0 Å². The highest BCUT2D eigenvalue weighted by Gasteiger charge is 2.18. The van der Waals surface area contributed by atoms with Crippen LogP contribution in [0.1, 0.15) is 96.8 Å². The molecule has 0 aromatic rings. The molecule has 0 unspecified atom stereocenters. The number of alkyl halides is 1. The van der Waals surface area contributed by atoms with Crippen molar-refractivity contribution >= 4 is 11.6 Å². The summed E-state index contributed by atoms with van der Waals surface area (Å²) in [5.74, 6) is 0. The summed E-state index contributed by atoms with van der Waals surface area (Å²) < 4.78 is 0. The molecule has 0 radical (unpaired) electrons. The van der Waals surface area contributed by atoms with Crippen LogP contribution >= 0.6 is 11.6 Å². The standard InChI is InChI=1S/C18H36ClN/c1-2-3-4-5-6-7-8-9-10-11-16-20-18-14-12-17(19)13-15-18/h17-18,20H,2-16H2,1H3. The lowest BCUT2D eigenvalue weighted by atomic mass is 9.95. The Kier molecular flexibility index (Phi) is 11.8. The molecule has 1 nitrogen and oxygen atoms in total. The Morgan fingerprint density at radius 3 is 1.80 bits per heavy atom. The summed E-state index contributed by atoms with van der Waals surface area (Å²) in [6, 6.07) is 0.753. The summed E-state index contributed by atoms with van der Waals surface area (Å²) in [4.78, 5) is 0. The Morgan fingerprint density at radius 2 is 1.25 bits per heavy atom. The molecule has 0 aromatic carbocycles. The largest absolute Gasteiger partial charge is 0.314 e. The molecule has 0 atom stereocenters. The molecule has 0 aliphatic heterocycles. The molecule has 1 fully saturated rings. The molecule has 0 spiro atoms. The summed E-state index contributed by atoms with van der Waals surface area (Å²) in [5, 5.41) is 4.16. The molecule has 0 amide bonds. The lowest BCUT2D eigenvalue weighted by molar-refractivity contribution is 0.373. The topological polar surface area (TPSA) is 12.0 Å². The van der Waals surface area contributed by atoms with Crippen molar-refractivity contribution in [3.05, 3.63) is 0 Å². The maximum atomic E-state index is 6.13. The van der Waals surface area contributed by atoms with Crippen molar-refractivity contribution in [3.8, 4) is 0 Å². The van der Waals surface area contributed by atoms with E-state index in [2.05, 4.69) is 12.2 Å². The first-order chi connectivity index (χ1) is 9.83. The minimum atomic E-state index is 0.449. The van der Waals surface area contributed by atoms with Gasteiger partial charge in [-0.1, -0.05) is 64.7 Å². The van der Waals surface area contributed by atoms with Gasteiger partial charge in [0, 0.05) is 11.4 Å². The fraction of sp³-hybridized carbons (Fsp3) is 1.00. The molecule has 1 aliphatic rings. The summed E-state index contributed by atoms with van der Waals surface area (Å²) >= 11 is 6.13. The first-order valence-corrected chi connectivity index (χ1v) is 9.64. The zero-order chi connectivity index (χ0) is 14.5. The van der Waals surface area contributed by atoms with Gasteiger partial charge in [0.1, 0.15) is 0 Å². The highest BCUT2D eigenvalue weighted by atomic mass is 35.5. The first-order valence-electron chi connectivity index (χ1n) is 9.20. The van der Waals surface area contributed by atoms with Crippen LogP contribution in [0, 0.1) is 0 Å². The smallest absolute Gasteiger partial charge is 0.0337 e. The highest BCUT2D eigenvalue weighted by molar-refractivity contribution is 6.20. The molecule has 0 saturated heterocycles. The van der Waals surface area contributed by atoms with Crippen LogP contribution in [0.15, 0.2) is 0 Å². The average Bonchev–Trinajstić information content (AvgIpc) is 2.47. The van der Waals surface area contributed by atoms with Crippen LogP contribution in [0.2, 0.25) is 0 Å². The van der Waals surface area contributed by atoms with Crippen LogP contribution in [0.3, 0.4) is 0 Å². The molecule has 1 rings (SSSR count). The van der Waals surface area contributed by atoms with Gasteiger partial charge in [-0.05, 0) is 38.6 Å². The lowest BCUT2D eigenvalue weighted by Gasteiger charge is -2.25. The molecule has 2 heteroatoms. The second-order valence-electron chi connectivity index (χ2n) is 6.59. The SMILES string of the molecule is CCCCCCCCCCCCNC1CCC(Cl)CC1. The Morgan fingerprint density at radius 1 is 0.750 bits per heavy atom. The van der Waals surface area contributed by atoms with E-state index >= 15 is 0 Å². The van der Waals surface area contributed by atoms with Crippen molar-refractivity contribution in [2.75, 3.05) is 6.54 Å². The number of nitrogens with one attached hydrogen (secondary N) is 1. The van der Waals surface area contributed by atoms with Gasteiger partial charge < -0.3 is 5.32 Å². The van der Waals surface area contributed by atoms with Crippen molar-refractivity contribution in [2.24, 2.45) is 0 Å². The van der Waals surface area contributed by atoms with E-state index in [1.807, 2.05) is 0 Å². The quantitative estimate of drug-likeness (QED) is 0.342. The van der Waals surface area contributed by atoms with Gasteiger partial charge in [-0.3, -0.25) is 0 Å². The summed E-state index contributed by atoms with van der Waals surface area (Å²) in [5.41, 5.74) is 0. The predicted octanol–water partition coefficient (Wildman–Crippen LogP) is 6.05. The third-order valence-corrected chi connectivity index (χ3v) is 5.06. The second-order valence-corrected chi connectivity index (χ2v) is 7.20. The first kappa shape index (κ1) is 18.3. The molecule has 0 heterocycles. The van der Waals surface area contributed by atoms with E-state index in [0.717, 1.165) is 6.04 Å². The van der Waals surface area contributed by atoms with E-state index in [9.17, 15) is 0 Å². The Bertz CT molecular complexity index is 200. The van der Waals surface area contributed by atoms with Crippen LogP contribution < -0.4 is 5.32 Å². The fourth-order valence-electron chi connectivity index (χ4n) is 3.18. The molecule has 0 aromatic heterocycles. The Hall–Kier alpha value is 0.250. The van der Waals surface area contributed by atoms with Crippen molar-refractivity contribution in [1.82, 2.24) is 5.32 Å².